The van der Waals surface area contributed by atoms with Crippen molar-refractivity contribution in [2.24, 2.45) is 0 Å². The van der Waals surface area contributed by atoms with Crippen LogP contribution in [-0.2, 0) is 4.79 Å². The minimum absolute atomic E-state index is 0.0474. The number of carbonyl (C=O) groups is 2. The number of amides is 2. The molecule has 0 aliphatic rings. The molecule has 1 aromatic carbocycles. The lowest BCUT2D eigenvalue weighted by Gasteiger charge is -2.20. The molecule has 0 saturated carbocycles. The Labute approximate surface area is 119 Å². The lowest BCUT2D eigenvalue weighted by molar-refractivity contribution is -0.384. The molecule has 0 radical (unpaired) electrons. The number of hydrogen-bond acceptors (Lipinski definition) is 4. The number of halogens is 1. The van der Waals surface area contributed by atoms with Crippen molar-refractivity contribution in [2.45, 2.75) is 13.3 Å². The van der Waals surface area contributed by atoms with Crippen LogP contribution in [0.4, 0.5) is 20.6 Å². The van der Waals surface area contributed by atoms with Crippen molar-refractivity contribution in [3.8, 4) is 0 Å². The first-order valence-electron chi connectivity index (χ1n) is 6.06. The van der Waals surface area contributed by atoms with Crippen LogP contribution < -0.4 is 5.32 Å². The van der Waals surface area contributed by atoms with E-state index in [0.717, 1.165) is 23.1 Å². The van der Waals surface area contributed by atoms with Gasteiger partial charge in [0.05, 0.1) is 17.0 Å². The van der Waals surface area contributed by atoms with E-state index in [4.69, 9.17) is 5.11 Å². The number of nitrogens with one attached hydrogen (secondary N) is 1. The average molecular weight is 299 g/mol. The maximum atomic E-state index is 13.5. The van der Waals surface area contributed by atoms with Gasteiger partial charge in [0.2, 0.25) is 0 Å². The Morgan fingerprint density at radius 2 is 2.14 bits per heavy atom. The van der Waals surface area contributed by atoms with Crippen LogP contribution in [0.15, 0.2) is 18.2 Å². The van der Waals surface area contributed by atoms with Crippen molar-refractivity contribution in [1.29, 1.82) is 0 Å². The van der Waals surface area contributed by atoms with E-state index in [9.17, 15) is 24.1 Å². The molecule has 0 atom stereocenters. The van der Waals surface area contributed by atoms with Crippen molar-refractivity contribution in [2.75, 3.05) is 18.4 Å². The number of carboxylic acid groups (broad SMARTS) is 1. The fourth-order valence-corrected chi connectivity index (χ4v) is 1.55. The summed E-state index contributed by atoms with van der Waals surface area (Å²) in [6.45, 7) is 1.80. The second-order valence-electron chi connectivity index (χ2n) is 4.07. The van der Waals surface area contributed by atoms with Crippen LogP contribution in [0.2, 0.25) is 0 Å². The van der Waals surface area contributed by atoms with E-state index in [2.05, 4.69) is 5.32 Å². The number of urea groups is 1. The zero-order chi connectivity index (χ0) is 16.0. The number of nitro benzene ring substituents is 1. The number of nitrogens with zero attached hydrogens (tertiary/aromatic N) is 2. The van der Waals surface area contributed by atoms with Crippen molar-refractivity contribution >= 4 is 23.4 Å². The Hall–Kier alpha value is -2.71. The molecule has 8 nitrogen and oxygen atoms in total. The van der Waals surface area contributed by atoms with Crippen LogP contribution in [0.1, 0.15) is 13.3 Å². The molecule has 0 aliphatic carbocycles. The third kappa shape index (κ3) is 4.71. The van der Waals surface area contributed by atoms with Crippen LogP contribution in [0, 0.1) is 15.9 Å². The second kappa shape index (κ2) is 7.17. The minimum Gasteiger partial charge on any atom is -0.481 e. The predicted molar refractivity (Wildman–Crippen MR) is 71.6 cm³/mol. The first-order chi connectivity index (χ1) is 9.85. The highest BCUT2D eigenvalue weighted by molar-refractivity contribution is 5.90. The van der Waals surface area contributed by atoms with Gasteiger partial charge in [0.15, 0.2) is 0 Å². The van der Waals surface area contributed by atoms with Crippen LogP contribution in [0.3, 0.4) is 0 Å². The van der Waals surface area contributed by atoms with Gasteiger partial charge < -0.3 is 15.3 Å². The molecular weight excluding hydrogens is 285 g/mol. The number of carbonyl (C=O) groups excluding carboxylic acids is 1. The molecule has 1 aromatic rings. The Balaban J connectivity index is 2.83. The zero-order valence-corrected chi connectivity index (χ0v) is 11.2. The SMILES string of the molecule is CCN(CCC(=O)O)C(=O)Nc1cc([N+](=O)[O-])ccc1F. The van der Waals surface area contributed by atoms with E-state index in [1.165, 1.54) is 0 Å². The molecule has 0 bridgehead atoms. The quantitative estimate of drug-likeness (QED) is 0.616. The maximum Gasteiger partial charge on any atom is 0.321 e. The lowest BCUT2D eigenvalue weighted by atomic mass is 10.2. The zero-order valence-electron chi connectivity index (χ0n) is 11.2. The molecule has 21 heavy (non-hydrogen) atoms. The van der Waals surface area contributed by atoms with Gasteiger partial charge in [-0.05, 0) is 13.0 Å². The van der Waals surface area contributed by atoms with Gasteiger partial charge in [-0.15, -0.1) is 0 Å². The van der Waals surface area contributed by atoms with Gasteiger partial charge in [0.1, 0.15) is 5.82 Å². The van der Waals surface area contributed by atoms with Crippen molar-refractivity contribution in [3.05, 3.63) is 34.1 Å². The summed E-state index contributed by atoms with van der Waals surface area (Å²) < 4.78 is 13.5. The summed E-state index contributed by atoms with van der Waals surface area (Å²) in [4.78, 5) is 33.4. The molecule has 0 heterocycles. The summed E-state index contributed by atoms with van der Waals surface area (Å²) in [5, 5.41) is 21.4. The highest BCUT2D eigenvalue weighted by Crippen LogP contribution is 2.21. The lowest BCUT2D eigenvalue weighted by Crippen LogP contribution is -2.36. The van der Waals surface area contributed by atoms with Crippen LogP contribution >= 0.6 is 0 Å². The van der Waals surface area contributed by atoms with E-state index in [0.29, 0.717) is 0 Å². The molecule has 2 N–H and O–H groups in total. The van der Waals surface area contributed by atoms with Gasteiger partial charge in [0.25, 0.3) is 5.69 Å². The van der Waals surface area contributed by atoms with Crippen LogP contribution in [0.25, 0.3) is 0 Å². The molecular formula is C12H14FN3O5. The number of anilines is 1. The normalized spacial score (nSPS) is 10.0. The third-order valence-corrected chi connectivity index (χ3v) is 2.67. The Morgan fingerprint density at radius 1 is 1.48 bits per heavy atom. The van der Waals surface area contributed by atoms with Crippen LogP contribution in [-0.4, -0.2) is 40.0 Å². The van der Waals surface area contributed by atoms with E-state index in [1.807, 2.05) is 0 Å². The van der Waals surface area contributed by atoms with Crippen molar-refractivity contribution in [1.82, 2.24) is 4.90 Å². The average Bonchev–Trinajstić information content (AvgIpc) is 2.41. The topological polar surface area (TPSA) is 113 Å². The number of aliphatic carboxylic acids is 1. The summed E-state index contributed by atoms with van der Waals surface area (Å²) >= 11 is 0. The fraction of sp³-hybridized carbons (Fsp3) is 0.333. The van der Waals surface area contributed by atoms with E-state index in [1.54, 1.807) is 6.92 Å². The molecule has 114 valence electrons. The van der Waals surface area contributed by atoms with Crippen LogP contribution in [0.5, 0.6) is 0 Å². The van der Waals surface area contributed by atoms with E-state index < -0.39 is 22.7 Å². The number of rotatable bonds is 6. The molecule has 2 amide bonds. The summed E-state index contributed by atoms with van der Waals surface area (Å²) in [6.07, 6.45) is -0.251. The molecule has 9 heteroatoms. The number of carboxylic acids is 1. The van der Waals surface area contributed by atoms with Gasteiger partial charge in [-0.1, -0.05) is 0 Å². The highest BCUT2D eigenvalue weighted by atomic mass is 19.1. The second-order valence-corrected chi connectivity index (χ2v) is 4.07. The van der Waals surface area contributed by atoms with Gasteiger partial charge >= 0.3 is 12.0 Å². The first kappa shape index (κ1) is 16.3. The van der Waals surface area contributed by atoms with E-state index in [-0.39, 0.29) is 30.9 Å². The number of hydrogen-bond donors (Lipinski definition) is 2. The summed E-state index contributed by atoms with van der Waals surface area (Å²) in [5.41, 5.74) is -0.691. The van der Waals surface area contributed by atoms with Gasteiger partial charge in [-0.25, -0.2) is 9.18 Å². The number of nitro groups is 1. The van der Waals surface area contributed by atoms with Crippen molar-refractivity contribution in [3.63, 3.8) is 0 Å². The number of non-ortho nitro benzene ring substituents is 1. The summed E-state index contributed by atoms with van der Waals surface area (Å²) in [5.74, 6) is -1.88. The third-order valence-electron chi connectivity index (χ3n) is 2.67. The molecule has 0 saturated heterocycles. The predicted octanol–water partition coefficient (Wildman–Crippen LogP) is 2.06. The molecule has 0 unspecified atom stereocenters. The first-order valence-corrected chi connectivity index (χ1v) is 6.06. The van der Waals surface area contributed by atoms with E-state index >= 15 is 0 Å². The monoisotopic (exact) mass is 299 g/mol. The van der Waals surface area contributed by atoms with Gasteiger partial charge in [-0.2, -0.15) is 0 Å². The summed E-state index contributed by atoms with van der Waals surface area (Å²) in [6, 6.07) is 2.03. The Morgan fingerprint density at radius 3 is 2.67 bits per heavy atom. The highest BCUT2D eigenvalue weighted by Gasteiger charge is 2.17. The standard InChI is InChI=1S/C12H14FN3O5/c1-2-15(6-5-11(17)18)12(19)14-10-7-8(16(20)21)3-4-9(10)13/h3-4,7H,2,5-6H2,1H3,(H,14,19)(H,17,18). The fourth-order valence-electron chi connectivity index (χ4n) is 1.55. The molecule has 0 aromatic heterocycles. The minimum atomic E-state index is -1.07. The molecule has 0 aliphatic heterocycles. The molecule has 0 fully saturated rings. The van der Waals surface area contributed by atoms with Gasteiger partial charge in [-0.3, -0.25) is 14.9 Å². The Bertz CT molecular complexity index is 564. The smallest absolute Gasteiger partial charge is 0.321 e. The van der Waals surface area contributed by atoms with Crippen molar-refractivity contribution < 1.29 is 24.0 Å². The Kier molecular flexibility index (Phi) is 5.58. The largest absolute Gasteiger partial charge is 0.481 e. The molecule has 0 spiro atoms. The molecule has 1 rings (SSSR count). The summed E-state index contributed by atoms with van der Waals surface area (Å²) in [7, 11) is 0. The maximum absolute atomic E-state index is 13.5. The van der Waals surface area contributed by atoms with Gasteiger partial charge in [0, 0.05) is 25.2 Å². The number of benzene rings is 1.